The van der Waals surface area contributed by atoms with Crippen molar-refractivity contribution in [2.75, 3.05) is 33.2 Å². The quantitative estimate of drug-likeness (QED) is 0.846. The summed E-state index contributed by atoms with van der Waals surface area (Å²) in [6.07, 6.45) is 1.64. The van der Waals surface area contributed by atoms with Crippen LogP contribution in [0.1, 0.15) is 41.0 Å². The molecule has 3 rings (SSSR count). The van der Waals surface area contributed by atoms with Crippen molar-refractivity contribution >= 4 is 17.5 Å². The summed E-state index contributed by atoms with van der Waals surface area (Å²) < 4.78 is 0. The van der Waals surface area contributed by atoms with E-state index in [1.165, 1.54) is 6.08 Å². The molecule has 25 heavy (non-hydrogen) atoms. The van der Waals surface area contributed by atoms with Gasteiger partial charge in [0.2, 0.25) is 5.91 Å². The van der Waals surface area contributed by atoms with Crippen molar-refractivity contribution in [3.8, 4) is 0 Å². The molecule has 0 atom stereocenters. The zero-order valence-corrected chi connectivity index (χ0v) is 15.0. The van der Waals surface area contributed by atoms with Gasteiger partial charge in [-0.3, -0.25) is 14.4 Å². The molecule has 1 aromatic carbocycles. The normalized spacial score (nSPS) is 18.8. The summed E-state index contributed by atoms with van der Waals surface area (Å²) in [5.41, 5.74) is 0.627. The minimum Gasteiger partial charge on any atom is -0.340 e. The van der Waals surface area contributed by atoms with Crippen molar-refractivity contribution in [2.24, 2.45) is 5.41 Å². The van der Waals surface area contributed by atoms with Gasteiger partial charge in [0.25, 0.3) is 0 Å². The Morgan fingerprint density at radius 1 is 1.04 bits per heavy atom. The average Bonchev–Trinajstić information content (AvgIpc) is 2.58. The first-order valence-electron chi connectivity index (χ1n) is 8.66. The van der Waals surface area contributed by atoms with Crippen LogP contribution in [0.4, 0.5) is 0 Å². The number of nitrogens with zero attached hydrogens (tertiary/aromatic N) is 2. The molecule has 2 aliphatic rings. The second-order valence-electron chi connectivity index (χ2n) is 7.54. The number of rotatable bonds is 3. The Labute approximate surface area is 148 Å². The van der Waals surface area contributed by atoms with Crippen LogP contribution in [0.2, 0.25) is 0 Å². The second kappa shape index (κ2) is 6.56. The van der Waals surface area contributed by atoms with E-state index in [4.69, 9.17) is 0 Å². The highest BCUT2D eigenvalue weighted by Gasteiger charge is 2.37. The number of amides is 1. The summed E-state index contributed by atoms with van der Waals surface area (Å²) in [5, 5.41) is 0. The smallest absolute Gasteiger partial charge is 0.223 e. The maximum absolute atomic E-state index is 12.9. The number of likely N-dealkylation sites (N-methyl/N-ethyl adjacent to an activating group) is 1. The lowest BCUT2D eigenvalue weighted by Gasteiger charge is -2.35. The zero-order chi connectivity index (χ0) is 18.2. The predicted molar refractivity (Wildman–Crippen MR) is 95.7 cm³/mol. The molecular weight excluding hydrogens is 316 g/mol. The van der Waals surface area contributed by atoms with E-state index in [2.05, 4.69) is 4.90 Å². The lowest BCUT2D eigenvalue weighted by Crippen LogP contribution is -2.48. The van der Waals surface area contributed by atoms with E-state index in [-0.39, 0.29) is 23.9 Å². The van der Waals surface area contributed by atoms with Crippen LogP contribution in [0.3, 0.4) is 0 Å². The van der Waals surface area contributed by atoms with Gasteiger partial charge in [0.15, 0.2) is 11.6 Å². The molecule has 0 radical (unpaired) electrons. The molecule has 0 saturated carbocycles. The number of hydrogen-bond acceptors (Lipinski definition) is 4. The van der Waals surface area contributed by atoms with Crippen molar-refractivity contribution in [1.29, 1.82) is 0 Å². The fourth-order valence-corrected chi connectivity index (χ4v) is 3.46. The first-order valence-corrected chi connectivity index (χ1v) is 8.66. The van der Waals surface area contributed by atoms with E-state index < -0.39 is 5.41 Å². The van der Waals surface area contributed by atoms with Gasteiger partial charge in [-0.25, -0.2) is 0 Å². The van der Waals surface area contributed by atoms with Gasteiger partial charge in [-0.1, -0.05) is 38.1 Å². The lowest BCUT2D eigenvalue weighted by molar-refractivity contribution is -0.134. The van der Waals surface area contributed by atoms with E-state index in [1.54, 1.807) is 24.3 Å². The van der Waals surface area contributed by atoms with Crippen molar-refractivity contribution in [1.82, 2.24) is 9.80 Å². The third-order valence-corrected chi connectivity index (χ3v) is 5.14. The van der Waals surface area contributed by atoms with Gasteiger partial charge < -0.3 is 9.80 Å². The Balaban J connectivity index is 1.79. The first kappa shape index (κ1) is 17.5. The number of ketones is 2. The predicted octanol–water partition coefficient (Wildman–Crippen LogP) is 2.18. The van der Waals surface area contributed by atoms with Crippen molar-refractivity contribution < 1.29 is 14.4 Å². The Hall–Kier alpha value is -2.27. The van der Waals surface area contributed by atoms with E-state index >= 15 is 0 Å². The second-order valence-corrected chi connectivity index (χ2v) is 7.54. The van der Waals surface area contributed by atoms with Gasteiger partial charge >= 0.3 is 0 Å². The third-order valence-electron chi connectivity index (χ3n) is 5.14. The lowest BCUT2D eigenvalue weighted by atomic mass is 9.73. The average molecular weight is 340 g/mol. The highest BCUT2D eigenvalue weighted by Crippen LogP contribution is 2.36. The Morgan fingerprint density at radius 3 is 2.28 bits per heavy atom. The summed E-state index contributed by atoms with van der Waals surface area (Å²) in [5.74, 6) is -0.269. The number of piperazine rings is 1. The Morgan fingerprint density at radius 2 is 1.64 bits per heavy atom. The summed E-state index contributed by atoms with van der Waals surface area (Å²) in [7, 11) is 2.04. The van der Waals surface area contributed by atoms with Gasteiger partial charge in [-0.05, 0) is 13.1 Å². The van der Waals surface area contributed by atoms with Gasteiger partial charge in [0, 0.05) is 54.7 Å². The first-order chi connectivity index (χ1) is 11.8. The highest BCUT2D eigenvalue weighted by molar-refractivity contribution is 6.25. The van der Waals surface area contributed by atoms with Gasteiger partial charge in [0.1, 0.15) is 0 Å². The minimum atomic E-state index is -0.680. The molecule has 0 unspecified atom stereocenters. The molecular formula is C20H24N2O3. The monoisotopic (exact) mass is 340 g/mol. The molecule has 5 nitrogen and oxygen atoms in total. The topological polar surface area (TPSA) is 57.7 Å². The summed E-state index contributed by atoms with van der Waals surface area (Å²) in [6.45, 7) is 6.87. The van der Waals surface area contributed by atoms with Gasteiger partial charge in [-0.15, -0.1) is 0 Å². The van der Waals surface area contributed by atoms with Crippen LogP contribution in [0, 0.1) is 5.41 Å². The standard InChI is InChI=1S/C20H24N2O3/c1-20(2,13-18(24)22-10-8-21(3)9-11-22)16-12-17(23)14-6-4-5-7-15(14)19(16)25/h4-7,12H,8-11,13H2,1-3H3. The minimum absolute atomic E-state index is 0.0399. The maximum Gasteiger partial charge on any atom is 0.223 e. The molecule has 1 fully saturated rings. The summed E-state index contributed by atoms with van der Waals surface area (Å²) >= 11 is 0. The number of benzene rings is 1. The van der Waals surface area contributed by atoms with Crippen LogP contribution in [0.15, 0.2) is 35.9 Å². The Kier molecular flexibility index (Phi) is 4.60. The third kappa shape index (κ3) is 3.42. The SMILES string of the molecule is CN1CCN(C(=O)CC(C)(C)C2=CC(=O)c3ccccc3C2=O)CC1. The number of carbonyl (C=O) groups is 3. The van der Waals surface area contributed by atoms with Gasteiger partial charge in [0.05, 0.1) is 0 Å². The number of fused-ring (bicyclic) bond motifs is 1. The molecule has 1 aliphatic heterocycles. The molecule has 5 heteroatoms. The Bertz CT molecular complexity index is 756. The molecule has 0 spiro atoms. The maximum atomic E-state index is 12.9. The molecule has 0 N–H and O–H groups in total. The van der Waals surface area contributed by atoms with E-state index in [0.29, 0.717) is 29.8 Å². The molecule has 0 aromatic heterocycles. The number of allylic oxidation sites excluding steroid dienone is 2. The van der Waals surface area contributed by atoms with Gasteiger partial charge in [-0.2, -0.15) is 0 Å². The molecule has 1 amide bonds. The largest absolute Gasteiger partial charge is 0.340 e. The van der Waals surface area contributed by atoms with E-state index in [0.717, 1.165) is 13.1 Å². The fourth-order valence-electron chi connectivity index (χ4n) is 3.46. The van der Waals surface area contributed by atoms with Crippen molar-refractivity contribution in [3.05, 3.63) is 47.0 Å². The molecule has 1 heterocycles. The van der Waals surface area contributed by atoms with E-state index in [9.17, 15) is 14.4 Å². The molecule has 1 aliphatic carbocycles. The summed E-state index contributed by atoms with van der Waals surface area (Å²) in [6, 6.07) is 6.87. The van der Waals surface area contributed by atoms with E-state index in [1.807, 2.05) is 25.8 Å². The van der Waals surface area contributed by atoms with Crippen LogP contribution in [0.5, 0.6) is 0 Å². The van der Waals surface area contributed by atoms with Crippen LogP contribution in [-0.4, -0.2) is 60.5 Å². The van der Waals surface area contributed by atoms with Crippen molar-refractivity contribution in [3.63, 3.8) is 0 Å². The number of Topliss-reactive ketones (excluding diaryl/α,β-unsaturated/α-hetero) is 1. The fraction of sp³-hybridized carbons (Fsp3) is 0.450. The van der Waals surface area contributed by atoms with Crippen LogP contribution in [0.25, 0.3) is 0 Å². The van der Waals surface area contributed by atoms with Crippen LogP contribution >= 0.6 is 0 Å². The number of hydrogen-bond donors (Lipinski definition) is 0. The van der Waals surface area contributed by atoms with Crippen LogP contribution in [-0.2, 0) is 4.79 Å². The molecule has 1 aromatic rings. The highest BCUT2D eigenvalue weighted by atomic mass is 16.2. The molecule has 132 valence electrons. The van der Waals surface area contributed by atoms with Crippen LogP contribution < -0.4 is 0 Å². The molecule has 1 saturated heterocycles. The zero-order valence-electron chi connectivity index (χ0n) is 15.0. The van der Waals surface area contributed by atoms with Crippen molar-refractivity contribution in [2.45, 2.75) is 20.3 Å². The number of carbonyl (C=O) groups excluding carboxylic acids is 3. The summed E-state index contributed by atoms with van der Waals surface area (Å²) in [4.78, 5) is 42.0. The molecule has 0 bridgehead atoms.